The fourth-order valence-electron chi connectivity index (χ4n) is 3.43. The summed E-state index contributed by atoms with van der Waals surface area (Å²) in [6.07, 6.45) is 5.96. The summed E-state index contributed by atoms with van der Waals surface area (Å²) < 4.78 is 0. The molecule has 23 heavy (non-hydrogen) atoms. The van der Waals surface area contributed by atoms with E-state index in [-0.39, 0.29) is 11.9 Å². The van der Waals surface area contributed by atoms with E-state index in [9.17, 15) is 9.90 Å². The van der Waals surface area contributed by atoms with E-state index in [1.807, 2.05) is 11.4 Å². The minimum absolute atomic E-state index is 0.00943. The smallest absolute Gasteiger partial charge is 0.242 e. The van der Waals surface area contributed by atoms with Crippen LogP contribution in [0.15, 0.2) is 17.8 Å². The van der Waals surface area contributed by atoms with Gasteiger partial charge in [0.15, 0.2) is 0 Å². The van der Waals surface area contributed by atoms with Gasteiger partial charge in [-0.05, 0) is 43.6 Å². The minimum atomic E-state index is -0.686. The third kappa shape index (κ3) is 2.68. The first-order valence-corrected chi connectivity index (χ1v) is 8.99. The first-order valence-electron chi connectivity index (χ1n) is 8.11. The zero-order valence-electron chi connectivity index (χ0n) is 12.9. The second kappa shape index (κ2) is 5.72. The van der Waals surface area contributed by atoms with E-state index in [1.165, 1.54) is 0 Å². The zero-order chi connectivity index (χ0) is 15.9. The van der Waals surface area contributed by atoms with E-state index >= 15 is 0 Å². The van der Waals surface area contributed by atoms with Gasteiger partial charge < -0.3 is 15.3 Å². The SMILES string of the molecule is O=C(NCC1(O)CCC1)C1CCCN1c1ncnc2sccc12. The molecule has 0 spiro atoms. The molecule has 2 fully saturated rings. The lowest BCUT2D eigenvalue weighted by atomic mass is 9.80. The average molecular weight is 332 g/mol. The molecule has 122 valence electrons. The Hall–Kier alpha value is -1.73. The van der Waals surface area contributed by atoms with Crippen LogP contribution in [0.5, 0.6) is 0 Å². The Balaban J connectivity index is 1.52. The van der Waals surface area contributed by atoms with Crippen LogP contribution < -0.4 is 10.2 Å². The predicted octanol–water partition coefficient (Wildman–Crippen LogP) is 1.69. The largest absolute Gasteiger partial charge is 0.388 e. The molecular formula is C16H20N4O2S. The molecule has 7 heteroatoms. The fraction of sp³-hybridized carbons (Fsp3) is 0.562. The van der Waals surface area contributed by atoms with Gasteiger partial charge in [-0.1, -0.05) is 0 Å². The average Bonchev–Trinajstić information content (AvgIpc) is 3.18. The Bertz CT molecular complexity index is 728. The van der Waals surface area contributed by atoms with Crippen molar-refractivity contribution < 1.29 is 9.90 Å². The Morgan fingerprint density at radius 2 is 2.30 bits per heavy atom. The monoisotopic (exact) mass is 332 g/mol. The molecule has 0 bridgehead atoms. The standard InChI is InChI=1S/C16H20N4O2S/c21-14(17-9-16(22)5-2-6-16)12-3-1-7-20(12)13-11-4-8-23-15(11)19-10-18-13/h4,8,10,12,22H,1-3,5-7,9H2,(H,17,21). The molecule has 2 aliphatic rings. The summed E-state index contributed by atoms with van der Waals surface area (Å²) in [7, 11) is 0. The zero-order valence-corrected chi connectivity index (χ0v) is 13.7. The van der Waals surface area contributed by atoms with Gasteiger partial charge in [-0.3, -0.25) is 4.79 Å². The number of rotatable bonds is 4. The summed E-state index contributed by atoms with van der Waals surface area (Å²) in [5, 5.41) is 16.1. The van der Waals surface area contributed by atoms with Crippen molar-refractivity contribution in [1.29, 1.82) is 0 Å². The second-order valence-corrected chi connectivity index (χ2v) is 7.38. The van der Waals surface area contributed by atoms with Crippen molar-refractivity contribution in [3.05, 3.63) is 17.8 Å². The minimum Gasteiger partial charge on any atom is -0.388 e. The van der Waals surface area contributed by atoms with E-state index < -0.39 is 5.60 Å². The summed E-state index contributed by atoms with van der Waals surface area (Å²) in [6, 6.07) is 1.80. The van der Waals surface area contributed by atoms with Gasteiger partial charge in [-0.15, -0.1) is 11.3 Å². The topological polar surface area (TPSA) is 78.4 Å². The number of nitrogens with one attached hydrogen (secondary N) is 1. The summed E-state index contributed by atoms with van der Waals surface area (Å²) in [4.78, 5) is 24.3. The van der Waals surface area contributed by atoms with Crippen molar-refractivity contribution in [1.82, 2.24) is 15.3 Å². The van der Waals surface area contributed by atoms with Crippen molar-refractivity contribution in [2.24, 2.45) is 0 Å². The number of hydrogen-bond donors (Lipinski definition) is 2. The van der Waals surface area contributed by atoms with Crippen molar-refractivity contribution >= 4 is 33.3 Å². The molecule has 2 aromatic heterocycles. The Kier molecular flexibility index (Phi) is 3.69. The number of carbonyl (C=O) groups is 1. The van der Waals surface area contributed by atoms with Crippen LogP contribution in [-0.4, -0.2) is 45.7 Å². The molecule has 2 aromatic rings. The van der Waals surface area contributed by atoms with Crippen LogP contribution in [0.4, 0.5) is 5.82 Å². The van der Waals surface area contributed by atoms with Gasteiger partial charge in [-0.25, -0.2) is 9.97 Å². The molecule has 1 saturated heterocycles. The molecule has 3 heterocycles. The lowest BCUT2D eigenvalue weighted by Gasteiger charge is -2.37. The molecule has 0 radical (unpaired) electrons. The molecule has 1 aliphatic carbocycles. The predicted molar refractivity (Wildman–Crippen MR) is 89.6 cm³/mol. The number of aliphatic hydroxyl groups is 1. The van der Waals surface area contributed by atoms with E-state index in [0.717, 1.165) is 54.7 Å². The molecule has 1 unspecified atom stereocenters. The quantitative estimate of drug-likeness (QED) is 0.891. The number of carbonyl (C=O) groups excluding carboxylic acids is 1. The molecule has 1 amide bonds. The van der Waals surface area contributed by atoms with Crippen molar-refractivity contribution in [3.63, 3.8) is 0 Å². The third-order valence-corrected chi connectivity index (χ3v) is 5.76. The van der Waals surface area contributed by atoms with Crippen LogP contribution in [-0.2, 0) is 4.79 Å². The lowest BCUT2D eigenvalue weighted by Crippen LogP contribution is -2.52. The first kappa shape index (κ1) is 14.8. The van der Waals surface area contributed by atoms with Crippen LogP contribution >= 0.6 is 11.3 Å². The third-order valence-electron chi connectivity index (χ3n) is 4.94. The van der Waals surface area contributed by atoms with Gasteiger partial charge in [0.05, 0.1) is 11.0 Å². The molecule has 4 rings (SSSR count). The van der Waals surface area contributed by atoms with Gasteiger partial charge in [0.25, 0.3) is 0 Å². The summed E-state index contributed by atoms with van der Waals surface area (Å²) in [6.45, 7) is 1.18. The fourth-order valence-corrected chi connectivity index (χ4v) is 4.16. The molecular weight excluding hydrogens is 312 g/mol. The number of nitrogens with zero attached hydrogens (tertiary/aromatic N) is 3. The summed E-state index contributed by atoms with van der Waals surface area (Å²) in [5.74, 6) is 0.834. The first-order chi connectivity index (χ1) is 11.2. The Morgan fingerprint density at radius 1 is 1.43 bits per heavy atom. The molecule has 6 nitrogen and oxygen atoms in total. The number of aromatic nitrogens is 2. The van der Waals surface area contributed by atoms with Crippen LogP contribution in [0, 0.1) is 0 Å². The van der Waals surface area contributed by atoms with E-state index in [2.05, 4.69) is 20.2 Å². The van der Waals surface area contributed by atoms with E-state index in [4.69, 9.17) is 0 Å². The second-order valence-electron chi connectivity index (χ2n) is 6.48. The highest BCUT2D eigenvalue weighted by molar-refractivity contribution is 7.16. The highest BCUT2D eigenvalue weighted by atomic mass is 32.1. The Morgan fingerprint density at radius 3 is 3.09 bits per heavy atom. The lowest BCUT2D eigenvalue weighted by molar-refractivity contribution is -0.124. The van der Waals surface area contributed by atoms with Crippen molar-refractivity contribution in [2.45, 2.75) is 43.7 Å². The van der Waals surface area contributed by atoms with E-state index in [1.54, 1.807) is 17.7 Å². The molecule has 1 saturated carbocycles. The van der Waals surface area contributed by atoms with Crippen LogP contribution in [0.3, 0.4) is 0 Å². The molecule has 1 atom stereocenters. The van der Waals surface area contributed by atoms with Gasteiger partial charge in [0.2, 0.25) is 5.91 Å². The molecule has 1 aliphatic heterocycles. The number of anilines is 1. The maximum Gasteiger partial charge on any atom is 0.242 e. The maximum absolute atomic E-state index is 12.6. The summed E-state index contributed by atoms with van der Waals surface area (Å²) in [5.41, 5.74) is -0.686. The Labute approximate surface area is 138 Å². The highest BCUT2D eigenvalue weighted by Gasteiger charge is 2.37. The van der Waals surface area contributed by atoms with Gasteiger partial charge in [0, 0.05) is 13.1 Å². The van der Waals surface area contributed by atoms with Crippen LogP contribution in [0.2, 0.25) is 0 Å². The normalized spacial score (nSPS) is 23.0. The van der Waals surface area contributed by atoms with Crippen molar-refractivity contribution in [2.75, 3.05) is 18.0 Å². The van der Waals surface area contributed by atoms with Gasteiger partial charge >= 0.3 is 0 Å². The number of thiophene rings is 1. The van der Waals surface area contributed by atoms with Crippen LogP contribution in [0.1, 0.15) is 32.1 Å². The number of amides is 1. The summed E-state index contributed by atoms with van der Waals surface area (Å²) >= 11 is 1.58. The maximum atomic E-state index is 12.6. The van der Waals surface area contributed by atoms with E-state index in [0.29, 0.717) is 6.54 Å². The molecule has 2 N–H and O–H groups in total. The highest BCUT2D eigenvalue weighted by Crippen LogP contribution is 2.33. The van der Waals surface area contributed by atoms with Crippen LogP contribution in [0.25, 0.3) is 10.2 Å². The molecule has 0 aromatic carbocycles. The van der Waals surface area contributed by atoms with Gasteiger partial charge in [0.1, 0.15) is 23.0 Å². The van der Waals surface area contributed by atoms with Gasteiger partial charge in [-0.2, -0.15) is 0 Å². The number of hydrogen-bond acceptors (Lipinski definition) is 6. The number of fused-ring (bicyclic) bond motifs is 1. The van der Waals surface area contributed by atoms with Crippen molar-refractivity contribution in [3.8, 4) is 0 Å².